The SMILES string of the molecule is CCOc1cc(NCc2cc(Cl)ccc2Cl)ccc1OC. The molecular formula is C16H17Cl2NO2. The summed E-state index contributed by atoms with van der Waals surface area (Å²) in [6, 6.07) is 11.1. The Kier molecular flexibility index (Phi) is 5.59. The average molecular weight is 326 g/mol. The first-order chi connectivity index (χ1) is 10.1. The molecule has 0 aliphatic rings. The molecule has 0 saturated carbocycles. The molecule has 0 radical (unpaired) electrons. The van der Waals surface area contributed by atoms with Gasteiger partial charge in [0.15, 0.2) is 11.5 Å². The van der Waals surface area contributed by atoms with Gasteiger partial charge in [0.2, 0.25) is 0 Å². The van der Waals surface area contributed by atoms with E-state index in [1.165, 1.54) is 0 Å². The molecule has 5 heteroatoms. The third-order valence-electron chi connectivity index (χ3n) is 2.95. The highest BCUT2D eigenvalue weighted by Crippen LogP contribution is 2.30. The fourth-order valence-electron chi connectivity index (χ4n) is 1.93. The molecule has 0 spiro atoms. The Hall–Kier alpha value is -1.58. The molecule has 0 unspecified atom stereocenters. The summed E-state index contributed by atoms with van der Waals surface area (Å²) in [7, 11) is 1.62. The Balaban J connectivity index is 2.12. The van der Waals surface area contributed by atoms with Crippen LogP contribution in [0.2, 0.25) is 10.0 Å². The fourth-order valence-corrected chi connectivity index (χ4v) is 2.31. The number of benzene rings is 2. The molecular weight excluding hydrogens is 309 g/mol. The van der Waals surface area contributed by atoms with Crippen LogP contribution in [0.3, 0.4) is 0 Å². The zero-order valence-electron chi connectivity index (χ0n) is 12.0. The van der Waals surface area contributed by atoms with Crippen LogP contribution >= 0.6 is 23.2 Å². The van der Waals surface area contributed by atoms with E-state index < -0.39 is 0 Å². The van der Waals surface area contributed by atoms with E-state index in [9.17, 15) is 0 Å². The van der Waals surface area contributed by atoms with Crippen LogP contribution in [-0.4, -0.2) is 13.7 Å². The van der Waals surface area contributed by atoms with Crippen LogP contribution in [0.1, 0.15) is 12.5 Å². The lowest BCUT2D eigenvalue weighted by Gasteiger charge is -2.13. The second kappa shape index (κ2) is 7.43. The Morgan fingerprint density at radius 3 is 2.57 bits per heavy atom. The van der Waals surface area contributed by atoms with Crippen molar-refractivity contribution in [3.63, 3.8) is 0 Å². The second-order valence-corrected chi connectivity index (χ2v) is 5.23. The van der Waals surface area contributed by atoms with Crippen LogP contribution in [-0.2, 0) is 6.54 Å². The number of halogens is 2. The van der Waals surface area contributed by atoms with Crippen LogP contribution in [0.15, 0.2) is 36.4 Å². The number of hydrogen-bond acceptors (Lipinski definition) is 3. The van der Waals surface area contributed by atoms with Gasteiger partial charge in [-0.25, -0.2) is 0 Å². The fraction of sp³-hybridized carbons (Fsp3) is 0.250. The summed E-state index contributed by atoms with van der Waals surface area (Å²) in [4.78, 5) is 0. The average Bonchev–Trinajstić information content (AvgIpc) is 2.49. The van der Waals surface area contributed by atoms with Gasteiger partial charge in [0.1, 0.15) is 0 Å². The minimum Gasteiger partial charge on any atom is -0.493 e. The van der Waals surface area contributed by atoms with Gasteiger partial charge in [0.25, 0.3) is 0 Å². The number of nitrogens with one attached hydrogen (secondary N) is 1. The summed E-state index contributed by atoms with van der Waals surface area (Å²) < 4.78 is 10.8. The first kappa shape index (κ1) is 15.8. The zero-order chi connectivity index (χ0) is 15.2. The summed E-state index contributed by atoms with van der Waals surface area (Å²) in [5, 5.41) is 4.65. The predicted octanol–water partition coefficient (Wildman–Crippen LogP) is 5.01. The molecule has 3 nitrogen and oxygen atoms in total. The molecule has 1 N–H and O–H groups in total. The molecule has 0 aliphatic carbocycles. The van der Waals surface area contributed by atoms with Gasteiger partial charge in [-0.15, -0.1) is 0 Å². The molecule has 0 fully saturated rings. The molecule has 0 aromatic heterocycles. The lowest BCUT2D eigenvalue weighted by Crippen LogP contribution is -2.02. The quantitative estimate of drug-likeness (QED) is 0.809. The van der Waals surface area contributed by atoms with Crippen LogP contribution in [0.5, 0.6) is 11.5 Å². The van der Waals surface area contributed by atoms with Crippen molar-refractivity contribution in [1.29, 1.82) is 0 Å². The van der Waals surface area contributed by atoms with Gasteiger partial charge < -0.3 is 14.8 Å². The van der Waals surface area contributed by atoms with Crippen molar-refractivity contribution in [2.75, 3.05) is 19.0 Å². The van der Waals surface area contributed by atoms with E-state index in [2.05, 4.69) is 5.32 Å². The Morgan fingerprint density at radius 1 is 1.05 bits per heavy atom. The van der Waals surface area contributed by atoms with Gasteiger partial charge in [-0.2, -0.15) is 0 Å². The summed E-state index contributed by atoms with van der Waals surface area (Å²) in [5.74, 6) is 1.42. The maximum Gasteiger partial charge on any atom is 0.163 e. The van der Waals surface area contributed by atoms with Gasteiger partial charge in [0.05, 0.1) is 13.7 Å². The van der Waals surface area contributed by atoms with Crippen molar-refractivity contribution in [1.82, 2.24) is 0 Å². The second-order valence-electron chi connectivity index (χ2n) is 4.39. The largest absolute Gasteiger partial charge is 0.493 e. The first-order valence-corrected chi connectivity index (χ1v) is 7.38. The van der Waals surface area contributed by atoms with Gasteiger partial charge in [0, 0.05) is 28.3 Å². The van der Waals surface area contributed by atoms with E-state index in [1.807, 2.05) is 31.2 Å². The highest BCUT2D eigenvalue weighted by molar-refractivity contribution is 6.33. The summed E-state index contributed by atoms with van der Waals surface area (Å²) >= 11 is 12.1. The maximum absolute atomic E-state index is 6.15. The van der Waals surface area contributed by atoms with Crippen LogP contribution < -0.4 is 14.8 Å². The number of hydrogen-bond donors (Lipinski definition) is 1. The molecule has 2 aromatic carbocycles. The first-order valence-electron chi connectivity index (χ1n) is 6.62. The van der Waals surface area contributed by atoms with Crippen molar-refractivity contribution in [2.45, 2.75) is 13.5 Å². The summed E-state index contributed by atoms with van der Waals surface area (Å²) in [5.41, 5.74) is 1.87. The number of rotatable bonds is 6. The standard InChI is InChI=1S/C16H17Cl2NO2/c1-3-21-16-9-13(5-7-15(16)20-2)19-10-11-8-12(17)4-6-14(11)18/h4-9,19H,3,10H2,1-2H3. The van der Waals surface area contributed by atoms with Crippen LogP contribution in [0.25, 0.3) is 0 Å². The maximum atomic E-state index is 6.15. The van der Waals surface area contributed by atoms with E-state index in [4.69, 9.17) is 32.7 Å². The van der Waals surface area contributed by atoms with Crippen molar-refractivity contribution in [3.05, 3.63) is 52.0 Å². The van der Waals surface area contributed by atoms with Crippen molar-refractivity contribution in [2.24, 2.45) is 0 Å². The molecule has 21 heavy (non-hydrogen) atoms. The normalized spacial score (nSPS) is 10.3. The molecule has 0 atom stereocenters. The Morgan fingerprint density at radius 2 is 1.86 bits per heavy atom. The molecule has 2 rings (SSSR count). The van der Waals surface area contributed by atoms with Crippen molar-refractivity contribution >= 4 is 28.9 Å². The molecule has 0 heterocycles. The van der Waals surface area contributed by atoms with E-state index in [-0.39, 0.29) is 0 Å². The molecule has 0 bridgehead atoms. The van der Waals surface area contributed by atoms with Gasteiger partial charge in [-0.1, -0.05) is 23.2 Å². The minimum absolute atomic E-state index is 0.581. The van der Waals surface area contributed by atoms with E-state index in [1.54, 1.807) is 19.2 Å². The number of methoxy groups -OCH3 is 1. The van der Waals surface area contributed by atoms with E-state index in [0.29, 0.717) is 34.7 Å². The highest BCUT2D eigenvalue weighted by atomic mass is 35.5. The topological polar surface area (TPSA) is 30.5 Å². The van der Waals surface area contributed by atoms with Crippen LogP contribution in [0.4, 0.5) is 5.69 Å². The summed E-state index contributed by atoms with van der Waals surface area (Å²) in [6.07, 6.45) is 0. The minimum atomic E-state index is 0.581. The highest BCUT2D eigenvalue weighted by Gasteiger charge is 2.06. The Bertz CT molecular complexity index is 617. The third-order valence-corrected chi connectivity index (χ3v) is 3.56. The van der Waals surface area contributed by atoms with Gasteiger partial charge in [-0.05, 0) is 42.8 Å². The molecule has 112 valence electrons. The number of anilines is 1. The lowest BCUT2D eigenvalue weighted by molar-refractivity contribution is 0.311. The van der Waals surface area contributed by atoms with Crippen molar-refractivity contribution in [3.8, 4) is 11.5 Å². The monoisotopic (exact) mass is 325 g/mol. The van der Waals surface area contributed by atoms with E-state index >= 15 is 0 Å². The number of ether oxygens (including phenoxy) is 2. The van der Waals surface area contributed by atoms with Gasteiger partial charge in [-0.3, -0.25) is 0 Å². The Labute approximate surface area is 134 Å². The van der Waals surface area contributed by atoms with Crippen LogP contribution in [0, 0.1) is 0 Å². The third kappa shape index (κ3) is 4.19. The summed E-state index contributed by atoms with van der Waals surface area (Å²) in [6.45, 7) is 3.10. The zero-order valence-corrected chi connectivity index (χ0v) is 13.5. The lowest BCUT2D eigenvalue weighted by atomic mass is 10.2. The smallest absolute Gasteiger partial charge is 0.163 e. The molecule has 2 aromatic rings. The van der Waals surface area contributed by atoms with Gasteiger partial charge >= 0.3 is 0 Å². The molecule has 0 aliphatic heterocycles. The molecule has 0 saturated heterocycles. The molecule has 0 amide bonds. The van der Waals surface area contributed by atoms with Crippen molar-refractivity contribution < 1.29 is 9.47 Å². The van der Waals surface area contributed by atoms with E-state index in [0.717, 1.165) is 11.3 Å². The predicted molar refractivity (Wildman–Crippen MR) is 88.0 cm³/mol.